The molecule has 17 heavy (non-hydrogen) atoms. The van der Waals surface area contributed by atoms with E-state index >= 15 is 0 Å². The van der Waals surface area contributed by atoms with E-state index in [0.717, 1.165) is 12.2 Å². The summed E-state index contributed by atoms with van der Waals surface area (Å²) in [5.74, 6) is -0.274. The van der Waals surface area contributed by atoms with E-state index in [1.807, 2.05) is 0 Å². The monoisotopic (exact) mass is 235 g/mol. The SMILES string of the molecule is COC(=O)/C=C/C(=O)Nc1ccc(OC)cc1. The van der Waals surface area contributed by atoms with Crippen molar-refractivity contribution >= 4 is 17.6 Å². The van der Waals surface area contributed by atoms with Crippen LogP contribution in [0.4, 0.5) is 5.69 Å². The zero-order valence-corrected chi connectivity index (χ0v) is 9.60. The summed E-state index contributed by atoms with van der Waals surface area (Å²) in [6.07, 6.45) is 2.16. The molecule has 0 bridgehead atoms. The molecule has 0 spiro atoms. The van der Waals surface area contributed by atoms with E-state index in [1.54, 1.807) is 31.4 Å². The lowest BCUT2D eigenvalue weighted by atomic mass is 10.3. The topological polar surface area (TPSA) is 64.6 Å². The van der Waals surface area contributed by atoms with Crippen LogP contribution in [0.3, 0.4) is 0 Å². The number of amides is 1. The molecule has 0 aromatic heterocycles. The Balaban J connectivity index is 2.56. The molecular formula is C12H13NO4. The first kappa shape index (κ1) is 12.8. The number of methoxy groups -OCH3 is 2. The fourth-order valence-electron chi connectivity index (χ4n) is 1.07. The Morgan fingerprint density at radius 3 is 2.29 bits per heavy atom. The number of hydrogen-bond acceptors (Lipinski definition) is 4. The molecule has 1 amide bonds. The summed E-state index contributed by atoms with van der Waals surface area (Å²) >= 11 is 0. The maximum Gasteiger partial charge on any atom is 0.330 e. The first-order valence-electron chi connectivity index (χ1n) is 4.87. The van der Waals surface area contributed by atoms with Gasteiger partial charge in [-0.05, 0) is 24.3 Å². The van der Waals surface area contributed by atoms with Crippen molar-refractivity contribution in [2.75, 3.05) is 19.5 Å². The lowest BCUT2D eigenvalue weighted by Crippen LogP contribution is -2.08. The molecule has 0 unspecified atom stereocenters. The van der Waals surface area contributed by atoms with Gasteiger partial charge in [0.25, 0.3) is 0 Å². The first-order valence-corrected chi connectivity index (χ1v) is 4.87. The predicted octanol–water partition coefficient (Wildman–Crippen LogP) is 1.36. The molecule has 0 atom stereocenters. The molecule has 0 heterocycles. The minimum atomic E-state index is -0.574. The molecule has 0 fully saturated rings. The van der Waals surface area contributed by atoms with Gasteiger partial charge in [-0.3, -0.25) is 4.79 Å². The number of benzene rings is 1. The minimum Gasteiger partial charge on any atom is -0.497 e. The average molecular weight is 235 g/mol. The molecule has 0 saturated heterocycles. The van der Waals surface area contributed by atoms with Gasteiger partial charge in [0.05, 0.1) is 14.2 Å². The summed E-state index contributed by atoms with van der Waals surface area (Å²) in [6, 6.07) is 6.84. The van der Waals surface area contributed by atoms with Gasteiger partial charge < -0.3 is 14.8 Å². The number of esters is 1. The largest absolute Gasteiger partial charge is 0.497 e. The summed E-state index contributed by atoms with van der Waals surface area (Å²) in [5.41, 5.74) is 0.616. The average Bonchev–Trinajstić information content (AvgIpc) is 2.36. The van der Waals surface area contributed by atoms with Gasteiger partial charge in [0.15, 0.2) is 0 Å². The van der Waals surface area contributed by atoms with Crippen LogP contribution in [-0.2, 0) is 14.3 Å². The van der Waals surface area contributed by atoms with Crippen LogP contribution < -0.4 is 10.1 Å². The number of ether oxygens (including phenoxy) is 2. The Hall–Kier alpha value is -2.30. The Labute approximate surface area is 99.0 Å². The third-order valence-corrected chi connectivity index (χ3v) is 1.93. The molecule has 0 aliphatic carbocycles. The molecule has 1 N–H and O–H groups in total. The number of hydrogen-bond donors (Lipinski definition) is 1. The number of carbonyl (C=O) groups excluding carboxylic acids is 2. The highest BCUT2D eigenvalue weighted by Gasteiger charge is 1.99. The predicted molar refractivity (Wildman–Crippen MR) is 62.8 cm³/mol. The molecular weight excluding hydrogens is 222 g/mol. The highest BCUT2D eigenvalue weighted by Crippen LogP contribution is 2.14. The van der Waals surface area contributed by atoms with Gasteiger partial charge in [-0.15, -0.1) is 0 Å². The summed E-state index contributed by atoms with van der Waals surface area (Å²) < 4.78 is 9.34. The number of nitrogens with one attached hydrogen (secondary N) is 1. The molecule has 0 aliphatic rings. The summed E-state index contributed by atoms with van der Waals surface area (Å²) in [7, 11) is 2.81. The smallest absolute Gasteiger partial charge is 0.330 e. The molecule has 5 nitrogen and oxygen atoms in total. The standard InChI is InChI=1S/C12H13NO4/c1-16-10-5-3-9(4-6-10)13-11(14)7-8-12(15)17-2/h3-8H,1-2H3,(H,13,14)/b8-7+. The lowest BCUT2D eigenvalue weighted by molar-refractivity contribution is -0.135. The van der Waals surface area contributed by atoms with Crippen molar-refractivity contribution in [1.82, 2.24) is 0 Å². The van der Waals surface area contributed by atoms with Crippen LogP contribution in [0, 0.1) is 0 Å². The molecule has 1 rings (SSSR count). The van der Waals surface area contributed by atoms with E-state index in [-0.39, 0.29) is 0 Å². The van der Waals surface area contributed by atoms with Crippen LogP contribution in [0.2, 0.25) is 0 Å². The quantitative estimate of drug-likeness (QED) is 0.632. The Morgan fingerprint density at radius 1 is 1.12 bits per heavy atom. The maximum absolute atomic E-state index is 11.4. The molecule has 5 heteroatoms. The molecule has 0 saturated carbocycles. The molecule has 1 aromatic rings. The summed E-state index contributed by atoms with van der Waals surface area (Å²) in [4.78, 5) is 22.1. The third-order valence-electron chi connectivity index (χ3n) is 1.93. The highest BCUT2D eigenvalue weighted by atomic mass is 16.5. The van der Waals surface area contributed by atoms with Crippen molar-refractivity contribution in [2.45, 2.75) is 0 Å². The van der Waals surface area contributed by atoms with E-state index in [0.29, 0.717) is 11.4 Å². The summed E-state index contributed by atoms with van der Waals surface area (Å²) in [6.45, 7) is 0. The second kappa shape index (κ2) is 6.32. The van der Waals surface area contributed by atoms with Crippen molar-refractivity contribution in [3.05, 3.63) is 36.4 Å². The van der Waals surface area contributed by atoms with Crippen molar-refractivity contribution in [3.8, 4) is 5.75 Å². The first-order chi connectivity index (χ1) is 8.15. The number of carbonyl (C=O) groups is 2. The Kier molecular flexibility index (Phi) is 4.75. The van der Waals surface area contributed by atoms with Crippen LogP contribution in [-0.4, -0.2) is 26.1 Å². The van der Waals surface area contributed by atoms with Gasteiger partial charge in [-0.2, -0.15) is 0 Å². The minimum absolute atomic E-state index is 0.402. The normalized spacial score (nSPS) is 10.0. The van der Waals surface area contributed by atoms with Gasteiger partial charge in [0, 0.05) is 17.8 Å². The fourth-order valence-corrected chi connectivity index (χ4v) is 1.07. The van der Waals surface area contributed by atoms with Gasteiger partial charge in [0.2, 0.25) is 5.91 Å². The Morgan fingerprint density at radius 2 is 1.76 bits per heavy atom. The highest BCUT2D eigenvalue weighted by molar-refractivity contribution is 6.02. The van der Waals surface area contributed by atoms with Crippen molar-refractivity contribution < 1.29 is 19.1 Å². The van der Waals surface area contributed by atoms with E-state index in [9.17, 15) is 9.59 Å². The molecule has 1 aromatic carbocycles. The van der Waals surface area contributed by atoms with Crippen molar-refractivity contribution in [3.63, 3.8) is 0 Å². The number of anilines is 1. The molecule has 0 radical (unpaired) electrons. The van der Waals surface area contributed by atoms with Crippen LogP contribution in [0.5, 0.6) is 5.75 Å². The van der Waals surface area contributed by atoms with Crippen LogP contribution in [0.25, 0.3) is 0 Å². The van der Waals surface area contributed by atoms with Crippen LogP contribution in [0.15, 0.2) is 36.4 Å². The summed E-state index contributed by atoms with van der Waals surface area (Å²) in [5, 5.41) is 2.58. The second-order valence-electron chi connectivity index (χ2n) is 3.07. The van der Waals surface area contributed by atoms with Crippen LogP contribution >= 0.6 is 0 Å². The van der Waals surface area contributed by atoms with Gasteiger partial charge in [0.1, 0.15) is 5.75 Å². The van der Waals surface area contributed by atoms with Crippen LogP contribution in [0.1, 0.15) is 0 Å². The van der Waals surface area contributed by atoms with Gasteiger partial charge in [-0.1, -0.05) is 0 Å². The van der Waals surface area contributed by atoms with Crippen molar-refractivity contribution in [1.29, 1.82) is 0 Å². The van der Waals surface area contributed by atoms with Gasteiger partial charge >= 0.3 is 5.97 Å². The fraction of sp³-hybridized carbons (Fsp3) is 0.167. The maximum atomic E-state index is 11.4. The van der Waals surface area contributed by atoms with Gasteiger partial charge in [-0.25, -0.2) is 4.79 Å². The third kappa shape index (κ3) is 4.38. The molecule has 0 aliphatic heterocycles. The van der Waals surface area contributed by atoms with E-state index in [2.05, 4.69) is 10.1 Å². The zero-order chi connectivity index (χ0) is 12.7. The molecule has 90 valence electrons. The second-order valence-corrected chi connectivity index (χ2v) is 3.07. The van der Waals surface area contributed by atoms with E-state index in [4.69, 9.17) is 4.74 Å². The zero-order valence-electron chi connectivity index (χ0n) is 9.60. The van der Waals surface area contributed by atoms with Crippen molar-refractivity contribution in [2.24, 2.45) is 0 Å². The lowest BCUT2D eigenvalue weighted by Gasteiger charge is -2.03. The van der Waals surface area contributed by atoms with E-state index in [1.165, 1.54) is 7.11 Å². The number of rotatable bonds is 4. The Bertz CT molecular complexity index is 423. The van der Waals surface area contributed by atoms with E-state index < -0.39 is 11.9 Å².